The van der Waals surface area contributed by atoms with Crippen molar-refractivity contribution in [1.82, 2.24) is 5.32 Å². The quantitative estimate of drug-likeness (QED) is 0.772. The van der Waals surface area contributed by atoms with Gasteiger partial charge in [-0.05, 0) is 18.4 Å². The fourth-order valence-electron chi connectivity index (χ4n) is 1.51. The molecule has 0 aliphatic rings. The molecular formula is C13H19NO2. The van der Waals surface area contributed by atoms with Gasteiger partial charge in [0.05, 0.1) is 7.11 Å². The standard InChI is InChI=1S/C13H19NO2/c1-10(12-7-5-4-6-8-12)9-14-11(2)13(15)16-3/h4-8,10-11,14H,9H2,1-3H3/t10?,11-/m0/s1. The molecule has 1 N–H and O–H groups in total. The summed E-state index contributed by atoms with van der Waals surface area (Å²) in [6, 6.07) is 9.98. The highest BCUT2D eigenvalue weighted by molar-refractivity contribution is 5.75. The molecule has 88 valence electrons. The highest BCUT2D eigenvalue weighted by Gasteiger charge is 2.13. The Morgan fingerprint density at radius 3 is 2.50 bits per heavy atom. The van der Waals surface area contributed by atoms with Crippen LogP contribution in [-0.4, -0.2) is 25.7 Å². The monoisotopic (exact) mass is 221 g/mol. The zero-order valence-corrected chi connectivity index (χ0v) is 10.1. The van der Waals surface area contributed by atoms with E-state index >= 15 is 0 Å². The SMILES string of the molecule is COC(=O)[C@H](C)NCC(C)c1ccccc1. The van der Waals surface area contributed by atoms with Crippen LogP contribution in [0.15, 0.2) is 30.3 Å². The van der Waals surface area contributed by atoms with Gasteiger partial charge in [-0.2, -0.15) is 0 Å². The molecule has 1 unspecified atom stereocenters. The first kappa shape index (κ1) is 12.7. The molecule has 0 bridgehead atoms. The van der Waals surface area contributed by atoms with Gasteiger partial charge in [0, 0.05) is 6.54 Å². The van der Waals surface area contributed by atoms with Crippen molar-refractivity contribution in [2.24, 2.45) is 0 Å². The van der Waals surface area contributed by atoms with Crippen molar-refractivity contribution in [2.45, 2.75) is 25.8 Å². The summed E-state index contributed by atoms with van der Waals surface area (Å²) in [6.07, 6.45) is 0. The van der Waals surface area contributed by atoms with Gasteiger partial charge in [-0.3, -0.25) is 4.79 Å². The molecule has 0 heterocycles. The average Bonchev–Trinajstić information content (AvgIpc) is 2.35. The Kier molecular flexibility index (Phi) is 4.99. The van der Waals surface area contributed by atoms with Crippen LogP contribution in [0.1, 0.15) is 25.3 Å². The highest BCUT2D eigenvalue weighted by Crippen LogP contribution is 2.13. The zero-order chi connectivity index (χ0) is 12.0. The molecule has 0 saturated carbocycles. The number of benzene rings is 1. The minimum Gasteiger partial charge on any atom is -0.468 e. The molecule has 1 rings (SSSR count). The smallest absolute Gasteiger partial charge is 0.322 e. The number of nitrogens with one attached hydrogen (secondary N) is 1. The molecule has 0 aromatic heterocycles. The highest BCUT2D eigenvalue weighted by atomic mass is 16.5. The molecule has 0 fully saturated rings. The summed E-state index contributed by atoms with van der Waals surface area (Å²) in [5, 5.41) is 3.16. The van der Waals surface area contributed by atoms with Crippen LogP contribution in [0.2, 0.25) is 0 Å². The molecule has 0 aliphatic carbocycles. The topological polar surface area (TPSA) is 38.3 Å². The lowest BCUT2D eigenvalue weighted by molar-refractivity contribution is -0.142. The Balaban J connectivity index is 2.41. The van der Waals surface area contributed by atoms with Crippen molar-refractivity contribution < 1.29 is 9.53 Å². The van der Waals surface area contributed by atoms with Crippen LogP contribution in [0.25, 0.3) is 0 Å². The molecule has 1 aromatic rings. The van der Waals surface area contributed by atoms with Crippen LogP contribution in [0.4, 0.5) is 0 Å². The van der Waals surface area contributed by atoms with E-state index in [0.29, 0.717) is 5.92 Å². The minimum atomic E-state index is -0.254. The van der Waals surface area contributed by atoms with Gasteiger partial charge in [0.25, 0.3) is 0 Å². The molecule has 16 heavy (non-hydrogen) atoms. The third-order valence-electron chi connectivity index (χ3n) is 2.65. The zero-order valence-electron chi connectivity index (χ0n) is 10.1. The van der Waals surface area contributed by atoms with E-state index in [0.717, 1.165) is 6.54 Å². The summed E-state index contributed by atoms with van der Waals surface area (Å²) in [5.41, 5.74) is 1.27. The predicted molar refractivity (Wildman–Crippen MR) is 64.3 cm³/mol. The molecule has 2 atom stereocenters. The first-order valence-electron chi connectivity index (χ1n) is 5.51. The van der Waals surface area contributed by atoms with Crippen LogP contribution in [-0.2, 0) is 9.53 Å². The Hall–Kier alpha value is -1.35. The fourth-order valence-corrected chi connectivity index (χ4v) is 1.51. The third-order valence-corrected chi connectivity index (χ3v) is 2.65. The van der Waals surface area contributed by atoms with Gasteiger partial charge in [0.1, 0.15) is 6.04 Å². The Morgan fingerprint density at radius 2 is 1.94 bits per heavy atom. The van der Waals surface area contributed by atoms with Gasteiger partial charge in [0.15, 0.2) is 0 Å². The largest absolute Gasteiger partial charge is 0.468 e. The summed E-state index contributed by atoms with van der Waals surface area (Å²) in [6.45, 7) is 4.70. The average molecular weight is 221 g/mol. The van der Waals surface area contributed by atoms with Gasteiger partial charge in [-0.15, -0.1) is 0 Å². The molecule has 0 spiro atoms. The van der Waals surface area contributed by atoms with E-state index in [1.807, 2.05) is 25.1 Å². The van der Waals surface area contributed by atoms with Gasteiger partial charge >= 0.3 is 5.97 Å². The maximum Gasteiger partial charge on any atom is 0.322 e. The van der Waals surface area contributed by atoms with Crippen molar-refractivity contribution in [1.29, 1.82) is 0 Å². The Bertz CT molecular complexity index is 324. The second-order valence-electron chi connectivity index (χ2n) is 3.96. The van der Waals surface area contributed by atoms with Gasteiger partial charge in [0.2, 0.25) is 0 Å². The number of hydrogen-bond donors (Lipinski definition) is 1. The van der Waals surface area contributed by atoms with Crippen LogP contribution < -0.4 is 5.32 Å². The van der Waals surface area contributed by atoms with Crippen molar-refractivity contribution >= 4 is 5.97 Å². The van der Waals surface area contributed by atoms with E-state index in [2.05, 4.69) is 29.1 Å². The third kappa shape index (κ3) is 3.66. The van der Waals surface area contributed by atoms with E-state index in [4.69, 9.17) is 0 Å². The molecule has 1 aromatic carbocycles. The first-order chi connectivity index (χ1) is 7.65. The van der Waals surface area contributed by atoms with Crippen LogP contribution in [0.5, 0.6) is 0 Å². The number of ether oxygens (including phenoxy) is 1. The first-order valence-corrected chi connectivity index (χ1v) is 5.51. The van der Waals surface area contributed by atoms with Crippen molar-refractivity contribution in [2.75, 3.05) is 13.7 Å². The maximum absolute atomic E-state index is 11.2. The summed E-state index contributed by atoms with van der Waals surface area (Å²) >= 11 is 0. The van der Waals surface area contributed by atoms with Crippen molar-refractivity contribution in [3.63, 3.8) is 0 Å². The summed E-state index contributed by atoms with van der Waals surface area (Å²) in [5.74, 6) is 0.161. The second kappa shape index (κ2) is 6.28. The Morgan fingerprint density at radius 1 is 1.31 bits per heavy atom. The number of hydrogen-bond acceptors (Lipinski definition) is 3. The van der Waals surface area contributed by atoms with Crippen LogP contribution >= 0.6 is 0 Å². The maximum atomic E-state index is 11.2. The van der Waals surface area contributed by atoms with E-state index in [-0.39, 0.29) is 12.0 Å². The van der Waals surface area contributed by atoms with Crippen molar-refractivity contribution in [3.05, 3.63) is 35.9 Å². The summed E-state index contributed by atoms with van der Waals surface area (Å²) < 4.78 is 4.65. The molecule has 0 aliphatic heterocycles. The van der Waals surface area contributed by atoms with E-state index in [1.165, 1.54) is 12.7 Å². The number of esters is 1. The Labute approximate surface area is 96.8 Å². The molecule has 0 radical (unpaired) electrons. The number of rotatable bonds is 5. The van der Waals surface area contributed by atoms with E-state index in [1.54, 1.807) is 0 Å². The molecular weight excluding hydrogens is 202 g/mol. The van der Waals surface area contributed by atoms with Gasteiger partial charge < -0.3 is 10.1 Å². The predicted octanol–water partition coefficient (Wildman–Crippen LogP) is 1.94. The van der Waals surface area contributed by atoms with Crippen LogP contribution in [0.3, 0.4) is 0 Å². The van der Waals surface area contributed by atoms with Crippen LogP contribution in [0, 0.1) is 0 Å². The van der Waals surface area contributed by atoms with Crippen molar-refractivity contribution in [3.8, 4) is 0 Å². The van der Waals surface area contributed by atoms with E-state index < -0.39 is 0 Å². The molecule has 0 amide bonds. The normalized spacial score (nSPS) is 14.2. The number of carbonyl (C=O) groups excluding carboxylic acids is 1. The second-order valence-corrected chi connectivity index (χ2v) is 3.96. The van der Waals surface area contributed by atoms with Gasteiger partial charge in [-0.25, -0.2) is 0 Å². The van der Waals surface area contributed by atoms with E-state index in [9.17, 15) is 4.79 Å². The van der Waals surface area contributed by atoms with Gasteiger partial charge in [-0.1, -0.05) is 37.3 Å². The lowest BCUT2D eigenvalue weighted by atomic mass is 10.0. The number of methoxy groups -OCH3 is 1. The summed E-state index contributed by atoms with van der Waals surface area (Å²) in [4.78, 5) is 11.2. The lowest BCUT2D eigenvalue weighted by Crippen LogP contribution is -2.36. The fraction of sp³-hybridized carbons (Fsp3) is 0.462. The molecule has 0 saturated heterocycles. The lowest BCUT2D eigenvalue weighted by Gasteiger charge is -2.16. The molecule has 3 heteroatoms. The number of carbonyl (C=O) groups is 1. The minimum absolute atomic E-state index is 0.222. The molecule has 3 nitrogen and oxygen atoms in total. The summed E-state index contributed by atoms with van der Waals surface area (Å²) in [7, 11) is 1.40.